The average molecular weight is 353 g/mol. The van der Waals surface area contributed by atoms with Crippen molar-refractivity contribution in [2.24, 2.45) is 0 Å². The Balaban J connectivity index is 1.63. The van der Waals surface area contributed by atoms with Crippen molar-refractivity contribution >= 4 is 5.97 Å². The van der Waals surface area contributed by atoms with Gasteiger partial charge in [-0.2, -0.15) is 5.26 Å². The van der Waals surface area contributed by atoms with E-state index in [9.17, 15) is 15.2 Å². The molecule has 3 aromatic rings. The van der Waals surface area contributed by atoms with E-state index >= 15 is 0 Å². The lowest BCUT2D eigenvalue weighted by Gasteiger charge is -2.17. The highest BCUT2D eigenvalue weighted by molar-refractivity contribution is 5.88. The summed E-state index contributed by atoms with van der Waals surface area (Å²) in [5, 5.41) is 18.8. The number of nitriles is 1. The Bertz CT molecular complexity index is 1170. The molecule has 0 spiro atoms. The number of fused-ring (bicyclic) bond motifs is 8. The minimum Gasteiger partial charge on any atom is -0.478 e. The van der Waals surface area contributed by atoms with Crippen molar-refractivity contribution in [2.75, 3.05) is 0 Å². The Labute approximate surface area is 156 Å². The summed E-state index contributed by atoms with van der Waals surface area (Å²) in [5.74, 6) is -0.937. The van der Waals surface area contributed by atoms with Crippen LogP contribution in [-0.4, -0.2) is 11.1 Å². The molecule has 0 unspecified atom stereocenters. The van der Waals surface area contributed by atoms with E-state index in [4.69, 9.17) is 4.74 Å². The maximum Gasteiger partial charge on any atom is 0.335 e. The van der Waals surface area contributed by atoms with Crippen LogP contribution in [0.15, 0.2) is 54.6 Å². The van der Waals surface area contributed by atoms with Crippen LogP contribution in [-0.2, 0) is 4.74 Å². The monoisotopic (exact) mass is 353 g/mol. The van der Waals surface area contributed by atoms with E-state index in [0.29, 0.717) is 5.56 Å². The Morgan fingerprint density at radius 3 is 2.41 bits per heavy atom. The Kier molecular flexibility index (Phi) is 3.24. The molecule has 3 aromatic carbocycles. The van der Waals surface area contributed by atoms with Gasteiger partial charge in [0.1, 0.15) is 12.2 Å². The van der Waals surface area contributed by atoms with Gasteiger partial charge in [-0.3, -0.25) is 0 Å². The summed E-state index contributed by atoms with van der Waals surface area (Å²) < 4.78 is 6.16. The van der Waals surface area contributed by atoms with Gasteiger partial charge in [-0.25, -0.2) is 4.79 Å². The maximum atomic E-state index is 11.3. The van der Waals surface area contributed by atoms with Crippen LogP contribution in [0, 0.1) is 18.3 Å². The summed E-state index contributed by atoms with van der Waals surface area (Å²) >= 11 is 0. The van der Waals surface area contributed by atoms with Crippen LogP contribution >= 0.6 is 0 Å². The fourth-order valence-electron chi connectivity index (χ4n) is 4.15. The van der Waals surface area contributed by atoms with E-state index in [2.05, 4.69) is 18.2 Å². The average Bonchev–Trinajstić information content (AvgIpc) is 3.24. The fraction of sp³-hybridized carbons (Fsp3) is 0.130. The van der Waals surface area contributed by atoms with Gasteiger partial charge >= 0.3 is 5.97 Å². The van der Waals surface area contributed by atoms with Crippen LogP contribution in [0.5, 0.6) is 0 Å². The van der Waals surface area contributed by atoms with Crippen LogP contribution in [0.3, 0.4) is 0 Å². The van der Waals surface area contributed by atoms with Gasteiger partial charge in [0.05, 0.1) is 17.2 Å². The minimum absolute atomic E-state index is 0.148. The predicted molar refractivity (Wildman–Crippen MR) is 99.5 cm³/mol. The standard InChI is InChI=1S/C23H15NO3/c1-12-2-5-16(15(8-12)11-24)13-3-6-17-19(9-13)22-20-10-14(23(25)26)4-7-18(20)21(17)27-22/h2-10,21-22H,1H3,(H,25,26)/t21-,22+/m0/s1. The van der Waals surface area contributed by atoms with Gasteiger partial charge < -0.3 is 9.84 Å². The van der Waals surface area contributed by atoms with Crippen LogP contribution in [0.2, 0.25) is 0 Å². The molecular weight excluding hydrogens is 338 g/mol. The lowest BCUT2D eigenvalue weighted by atomic mass is 9.83. The Morgan fingerprint density at radius 2 is 1.67 bits per heavy atom. The van der Waals surface area contributed by atoms with Crippen LogP contribution in [0.1, 0.15) is 55.9 Å². The molecule has 2 bridgehead atoms. The number of carboxylic acid groups (broad SMARTS) is 1. The first kappa shape index (κ1) is 15.8. The van der Waals surface area contributed by atoms with Crippen molar-refractivity contribution in [3.63, 3.8) is 0 Å². The largest absolute Gasteiger partial charge is 0.478 e. The molecule has 2 aliphatic heterocycles. The maximum absolute atomic E-state index is 11.3. The van der Waals surface area contributed by atoms with E-state index in [0.717, 1.165) is 38.9 Å². The van der Waals surface area contributed by atoms with Crippen molar-refractivity contribution in [2.45, 2.75) is 19.1 Å². The summed E-state index contributed by atoms with van der Waals surface area (Å²) in [4.78, 5) is 11.3. The molecule has 1 N–H and O–H groups in total. The smallest absolute Gasteiger partial charge is 0.335 e. The zero-order chi connectivity index (χ0) is 18.7. The number of hydrogen-bond acceptors (Lipinski definition) is 3. The number of aromatic carboxylic acids is 1. The molecule has 0 fully saturated rings. The quantitative estimate of drug-likeness (QED) is 0.721. The van der Waals surface area contributed by atoms with E-state index < -0.39 is 5.97 Å². The molecular formula is C23H15NO3. The number of carboxylic acids is 1. The molecule has 0 aromatic heterocycles. The van der Waals surface area contributed by atoms with Crippen molar-refractivity contribution < 1.29 is 14.6 Å². The lowest BCUT2D eigenvalue weighted by molar-refractivity contribution is 0.0696. The third-order valence-corrected chi connectivity index (χ3v) is 5.43. The summed E-state index contributed by atoms with van der Waals surface area (Å²) in [6, 6.07) is 19.5. The molecule has 2 aliphatic rings. The van der Waals surface area contributed by atoms with Gasteiger partial charge in [0, 0.05) is 0 Å². The molecule has 5 rings (SSSR count). The number of carbonyl (C=O) groups is 1. The minimum atomic E-state index is -0.937. The lowest BCUT2D eigenvalue weighted by Crippen LogP contribution is -2.06. The second kappa shape index (κ2) is 5.54. The highest BCUT2D eigenvalue weighted by Gasteiger charge is 2.43. The van der Waals surface area contributed by atoms with Crippen LogP contribution in [0.4, 0.5) is 0 Å². The molecule has 4 nitrogen and oxygen atoms in total. The summed E-state index contributed by atoms with van der Waals surface area (Å²) in [5.41, 5.74) is 7.97. The third kappa shape index (κ3) is 2.22. The van der Waals surface area contributed by atoms with E-state index in [1.54, 1.807) is 12.1 Å². The molecule has 0 aliphatic carbocycles. The summed E-state index contributed by atoms with van der Waals surface area (Å²) in [6.45, 7) is 1.97. The van der Waals surface area contributed by atoms with Gasteiger partial charge in [-0.1, -0.05) is 30.3 Å². The number of ether oxygens (including phenoxy) is 1. The van der Waals surface area contributed by atoms with Gasteiger partial charge in [-0.05, 0) is 70.1 Å². The van der Waals surface area contributed by atoms with Gasteiger partial charge in [0.15, 0.2) is 0 Å². The zero-order valence-corrected chi connectivity index (χ0v) is 14.6. The third-order valence-electron chi connectivity index (χ3n) is 5.43. The summed E-state index contributed by atoms with van der Waals surface area (Å²) in [7, 11) is 0. The van der Waals surface area contributed by atoms with E-state index in [1.165, 1.54) is 0 Å². The topological polar surface area (TPSA) is 70.3 Å². The molecule has 2 atom stereocenters. The molecule has 4 heteroatoms. The highest BCUT2D eigenvalue weighted by atomic mass is 16.5. The molecule has 0 radical (unpaired) electrons. The fourth-order valence-corrected chi connectivity index (χ4v) is 4.15. The van der Waals surface area contributed by atoms with Gasteiger partial charge in [0.2, 0.25) is 0 Å². The van der Waals surface area contributed by atoms with Crippen molar-refractivity contribution in [3.8, 4) is 17.2 Å². The molecule has 0 saturated carbocycles. The first-order valence-electron chi connectivity index (χ1n) is 8.74. The second-order valence-corrected chi connectivity index (χ2v) is 7.05. The first-order valence-corrected chi connectivity index (χ1v) is 8.74. The molecule has 27 heavy (non-hydrogen) atoms. The second-order valence-electron chi connectivity index (χ2n) is 7.05. The number of aryl methyl sites for hydroxylation is 1. The first-order chi connectivity index (χ1) is 13.1. The van der Waals surface area contributed by atoms with Crippen molar-refractivity contribution in [3.05, 3.63) is 93.5 Å². The van der Waals surface area contributed by atoms with Gasteiger partial charge in [-0.15, -0.1) is 0 Å². The van der Waals surface area contributed by atoms with Crippen molar-refractivity contribution in [1.82, 2.24) is 0 Å². The number of benzene rings is 3. The molecule has 2 heterocycles. The van der Waals surface area contributed by atoms with Crippen molar-refractivity contribution in [1.29, 1.82) is 5.26 Å². The molecule has 0 amide bonds. The number of rotatable bonds is 2. The molecule has 130 valence electrons. The zero-order valence-electron chi connectivity index (χ0n) is 14.6. The molecule has 0 saturated heterocycles. The van der Waals surface area contributed by atoms with Gasteiger partial charge in [0.25, 0.3) is 0 Å². The van der Waals surface area contributed by atoms with Crippen LogP contribution in [0.25, 0.3) is 11.1 Å². The summed E-state index contributed by atoms with van der Waals surface area (Å²) in [6.07, 6.45) is -0.402. The number of hydrogen-bond donors (Lipinski definition) is 1. The highest BCUT2D eigenvalue weighted by Crippen LogP contribution is 2.54. The SMILES string of the molecule is Cc1ccc(-c2ccc3c(c2)[C@H]2O[C@@H]3c3ccc(C(=O)O)cc32)c(C#N)c1. The van der Waals surface area contributed by atoms with Crippen LogP contribution < -0.4 is 0 Å². The number of nitrogens with zero attached hydrogens (tertiary/aromatic N) is 1. The Morgan fingerprint density at radius 1 is 0.963 bits per heavy atom. The van der Waals surface area contributed by atoms with E-state index in [1.807, 2.05) is 37.3 Å². The predicted octanol–water partition coefficient (Wildman–Crippen LogP) is 4.75. The van der Waals surface area contributed by atoms with E-state index in [-0.39, 0.29) is 17.8 Å². The Hall–Kier alpha value is -3.42. The normalized spacial score (nSPS) is 18.7.